The monoisotopic (exact) mass is 194 g/mol. The highest BCUT2D eigenvalue weighted by Crippen LogP contribution is 2.16. The SMILES string of the molecule is O=CC1CCN(Cc2ccno2)CC1. The van der Waals surface area contributed by atoms with E-state index in [0.29, 0.717) is 0 Å². The second-order valence-electron chi connectivity index (χ2n) is 3.73. The molecule has 0 unspecified atom stereocenters. The third-order valence-corrected chi connectivity index (χ3v) is 2.70. The van der Waals surface area contributed by atoms with E-state index in [-0.39, 0.29) is 5.92 Å². The first-order valence-corrected chi connectivity index (χ1v) is 4.95. The van der Waals surface area contributed by atoms with Gasteiger partial charge in [0.15, 0.2) is 5.76 Å². The number of carbonyl (C=O) groups excluding carboxylic acids is 1. The third-order valence-electron chi connectivity index (χ3n) is 2.70. The molecule has 0 amide bonds. The number of aldehydes is 1. The Bertz CT molecular complexity index is 276. The summed E-state index contributed by atoms with van der Waals surface area (Å²) in [6.45, 7) is 2.76. The highest BCUT2D eigenvalue weighted by molar-refractivity contribution is 5.53. The Morgan fingerprint density at radius 2 is 2.36 bits per heavy atom. The fraction of sp³-hybridized carbons (Fsp3) is 0.600. The second kappa shape index (κ2) is 4.37. The number of aromatic nitrogens is 1. The summed E-state index contributed by atoms with van der Waals surface area (Å²) in [5, 5.41) is 3.66. The summed E-state index contributed by atoms with van der Waals surface area (Å²) < 4.78 is 5.03. The molecular weight excluding hydrogens is 180 g/mol. The molecular formula is C10H14N2O2. The van der Waals surface area contributed by atoms with Crippen LogP contribution in [0.1, 0.15) is 18.6 Å². The van der Waals surface area contributed by atoms with Gasteiger partial charge in [-0.05, 0) is 25.9 Å². The van der Waals surface area contributed by atoms with Crippen LogP contribution >= 0.6 is 0 Å². The van der Waals surface area contributed by atoms with Gasteiger partial charge in [-0.15, -0.1) is 0 Å². The molecule has 0 aromatic carbocycles. The van der Waals surface area contributed by atoms with Crippen molar-refractivity contribution >= 4 is 6.29 Å². The fourth-order valence-corrected chi connectivity index (χ4v) is 1.79. The van der Waals surface area contributed by atoms with Crippen molar-refractivity contribution < 1.29 is 9.32 Å². The van der Waals surface area contributed by atoms with Crippen LogP contribution in [0.4, 0.5) is 0 Å². The molecule has 0 spiro atoms. The molecule has 2 heterocycles. The molecule has 0 atom stereocenters. The van der Waals surface area contributed by atoms with E-state index < -0.39 is 0 Å². The highest BCUT2D eigenvalue weighted by Gasteiger charge is 2.19. The highest BCUT2D eigenvalue weighted by atomic mass is 16.5. The summed E-state index contributed by atoms with van der Waals surface area (Å²) >= 11 is 0. The van der Waals surface area contributed by atoms with Gasteiger partial charge in [0.05, 0.1) is 12.7 Å². The molecule has 76 valence electrons. The predicted octanol–water partition coefficient (Wildman–Crippen LogP) is 1.09. The number of carbonyl (C=O) groups is 1. The number of rotatable bonds is 3. The molecule has 0 radical (unpaired) electrons. The van der Waals surface area contributed by atoms with Gasteiger partial charge in [-0.1, -0.05) is 5.16 Å². The minimum absolute atomic E-state index is 0.265. The molecule has 1 aromatic heterocycles. The number of piperidine rings is 1. The van der Waals surface area contributed by atoms with Gasteiger partial charge in [0, 0.05) is 12.0 Å². The molecule has 1 saturated heterocycles. The lowest BCUT2D eigenvalue weighted by Crippen LogP contribution is -2.33. The van der Waals surface area contributed by atoms with Crippen LogP contribution in [-0.4, -0.2) is 29.4 Å². The summed E-state index contributed by atoms with van der Waals surface area (Å²) in [4.78, 5) is 12.8. The van der Waals surface area contributed by atoms with Gasteiger partial charge in [-0.25, -0.2) is 0 Å². The lowest BCUT2D eigenvalue weighted by Gasteiger charge is -2.28. The second-order valence-corrected chi connectivity index (χ2v) is 3.73. The minimum atomic E-state index is 0.265. The average molecular weight is 194 g/mol. The van der Waals surface area contributed by atoms with E-state index in [9.17, 15) is 4.79 Å². The maximum atomic E-state index is 10.5. The minimum Gasteiger partial charge on any atom is -0.360 e. The Morgan fingerprint density at radius 1 is 1.57 bits per heavy atom. The van der Waals surface area contributed by atoms with Gasteiger partial charge < -0.3 is 9.32 Å². The Balaban J connectivity index is 1.81. The summed E-state index contributed by atoms with van der Waals surface area (Å²) in [7, 11) is 0. The van der Waals surface area contributed by atoms with Gasteiger partial charge in [0.2, 0.25) is 0 Å². The van der Waals surface area contributed by atoms with E-state index in [1.54, 1.807) is 6.20 Å². The van der Waals surface area contributed by atoms with E-state index in [2.05, 4.69) is 10.1 Å². The fourth-order valence-electron chi connectivity index (χ4n) is 1.79. The Hall–Kier alpha value is -1.16. The van der Waals surface area contributed by atoms with Crippen molar-refractivity contribution in [3.63, 3.8) is 0 Å². The molecule has 0 bridgehead atoms. The van der Waals surface area contributed by atoms with E-state index >= 15 is 0 Å². The van der Waals surface area contributed by atoms with Crippen molar-refractivity contribution in [1.82, 2.24) is 10.1 Å². The number of likely N-dealkylation sites (tertiary alicyclic amines) is 1. The molecule has 2 rings (SSSR count). The summed E-state index contributed by atoms with van der Waals surface area (Å²) in [5.74, 6) is 1.16. The number of hydrogen-bond donors (Lipinski definition) is 0. The lowest BCUT2D eigenvalue weighted by atomic mass is 9.99. The first-order valence-electron chi connectivity index (χ1n) is 4.95. The summed E-state index contributed by atoms with van der Waals surface area (Å²) in [6, 6.07) is 1.88. The van der Waals surface area contributed by atoms with Crippen molar-refractivity contribution in [1.29, 1.82) is 0 Å². The summed E-state index contributed by atoms with van der Waals surface area (Å²) in [5.41, 5.74) is 0. The number of hydrogen-bond acceptors (Lipinski definition) is 4. The summed E-state index contributed by atoms with van der Waals surface area (Å²) in [6.07, 6.45) is 4.68. The largest absolute Gasteiger partial charge is 0.360 e. The van der Waals surface area contributed by atoms with Crippen LogP contribution in [0.2, 0.25) is 0 Å². The molecule has 1 fully saturated rings. The van der Waals surface area contributed by atoms with E-state index in [1.807, 2.05) is 6.07 Å². The average Bonchev–Trinajstić information content (AvgIpc) is 2.72. The topological polar surface area (TPSA) is 46.3 Å². The van der Waals surface area contributed by atoms with E-state index in [1.165, 1.54) is 0 Å². The maximum absolute atomic E-state index is 10.5. The molecule has 1 aliphatic heterocycles. The van der Waals surface area contributed by atoms with Gasteiger partial charge in [0.1, 0.15) is 6.29 Å². The normalized spacial score (nSPS) is 19.7. The molecule has 4 nitrogen and oxygen atoms in total. The number of nitrogens with zero attached hydrogens (tertiary/aromatic N) is 2. The smallest absolute Gasteiger partial charge is 0.150 e. The molecule has 0 N–H and O–H groups in total. The first kappa shape index (κ1) is 9.40. The van der Waals surface area contributed by atoms with Crippen LogP contribution in [0.25, 0.3) is 0 Å². The van der Waals surface area contributed by atoms with Crippen molar-refractivity contribution in [2.75, 3.05) is 13.1 Å². The quantitative estimate of drug-likeness (QED) is 0.676. The van der Waals surface area contributed by atoms with Crippen LogP contribution in [0.15, 0.2) is 16.8 Å². The van der Waals surface area contributed by atoms with Crippen LogP contribution in [0.3, 0.4) is 0 Å². The van der Waals surface area contributed by atoms with Crippen LogP contribution in [0.5, 0.6) is 0 Å². The van der Waals surface area contributed by atoms with E-state index in [0.717, 1.165) is 44.5 Å². The van der Waals surface area contributed by atoms with Crippen molar-refractivity contribution in [2.45, 2.75) is 19.4 Å². The van der Waals surface area contributed by atoms with Crippen LogP contribution in [0, 0.1) is 5.92 Å². The molecule has 0 aliphatic carbocycles. The molecule has 0 saturated carbocycles. The molecule has 4 heteroatoms. The van der Waals surface area contributed by atoms with Crippen LogP contribution in [-0.2, 0) is 11.3 Å². The third kappa shape index (κ3) is 2.20. The molecule has 1 aliphatic rings. The van der Waals surface area contributed by atoms with Gasteiger partial charge >= 0.3 is 0 Å². The zero-order valence-corrected chi connectivity index (χ0v) is 8.06. The standard InChI is InChI=1S/C10H14N2O2/c13-8-9-2-5-12(6-3-9)7-10-1-4-11-14-10/h1,4,8-9H,2-3,5-7H2. The van der Waals surface area contributed by atoms with E-state index in [4.69, 9.17) is 4.52 Å². The zero-order chi connectivity index (χ0) is 9.80. The molecule has 1 aromatic rings. The van der Waals surface area contributed by atoms with Gasteiger partial charge in [0.25, 0.3) is 0 Å². The van der Waals surface area contributed by atoms with Crippen molar-refractivity contribution in [3.8, 4) is 0 Å². The van der Waals surface area contributed by atoms with Gasteiger partial charge in [-0.2, -0.15) is 0 Å². The van der Waals surface area contributed by atoms with Crippen molar-refractivity contribution in [3.05, 3.63) is 18.0 Å². The molecule has 14 heavy (non-hydrogen) atoms. The Kier molecular flexibility index (Phi) is 2.93. The Morgan fingerprint density at radius 3 is 2.93 bits per heavy atom. The van der Waals surface area contributed by atoms with Crippen LogP contribution < -0.4 is 0 Å². The van der Waals surface area contributed by atoms with Crippen molar-refractivity contribution in [2.24, 2.45) is 5.92 Å². The lowest BCUT2D eigenvalue weighted by molar-refractivity contribution is -0.112. The maximum Gasteiger partial charge on any atom is 0.150 e. The first-order chi connectivity index (χ1) is 6.88. The van der Waals surface area contributed by atoms with Gasteiger partial charge in [-0.3, -0.25) is 4.90 Å². The predicted molar refractivity (Wildman–Crippen MR) is 50.6 cm³/mol. The zero-order valence-electron chi connectivity index (χ0n) is 8.06. The Labute approximate surface area is 82.9 Å².